The number of thioether (sulfide) groups is 1. The Labute approximate surface area is 173 Å². The van der Waals surface area contributed by atoms with Crippen LogP contribution in [0.3, 0.4) is 0 Å². The second-order valence-corrected chi connectivity index (χ2v) is 7.86. The molecule has 0 saturated carbocycles. The zero-order valence-electron chi connectivity index (χ0n) is 17.0. The molecule has 1 N–H and O–H groups in total. The molecule has 0 aliphatic carbocycles. The first kappa shape index (κ1) is 20.7. The second-order valence-electron chi connectivity index (χ2n) is 6.83. The topological polar surface area (TPSA) is 89.4 Å². The zero-order valence-corrected chi connectivity index (χ0v) is 17.8. The van der Waals surface area contributed by atoms with Crippen LogP contribution >= 0.6 is 11.8 Å². The van der Waals surface area contributed by atoms with Crippen molar-refractivity contribution in [2.24, 2.45) is 7.05 Å². The summed E-state index contributed by atoms with van der Waals surface area (Å²) in [5.41, 5.74) is 3.24. The Bertz CT molecular complexity index is 1060. The van der Waals surface area contributed by atoms with Crippen molar-refractivity contribution < 1.29 is 14.3 Å². The maximum atomic E-state index is 12.3. The van der Waals surface area contributed by atoms with Gasteiger partial charge in [0.2, 0.25) is 5.88 Å². The number of amides is 2. The molecule has 2 amide bonds. The summed E-state index contributed by atoms with van der Waals surface area (Å²) in [6.07, 6.45) is 0. The molecule has 1 aromatic carbocycles. The van der Waals surface area contributed by atoms with E-state index in [2.05, 4.69) is 15.4 Å². The smallest absolute Gasteiger partial charge is 0.285 e. The van der Waals surface area contributed by atoms with Crippen molar-refractivity contribution in [3.8, 4) is 5.88 Å². The summed E-state index contributed by atoms with van der Waals surface area (Å²) in [5.74, 6) is 0.0860. The second kappa shape index (κ2) is 8.52. The molecule has 29 heavy (non-hydrogen) atoms. The Hall–Kier alpha value is -3.07. The van der Waals surface area contributed by atoms with E-state index in [0.29, 0.717) is 11.6 Å². The minimum atomic E-state index is -0.300. The van der Waals surface area contributed by atoms with Crippen LogP contribution in [0, 0.1) is 13.8 Å². The van der Waals surface area contributed by atoms with Gasteiger partial charge in [0.25, 0.3) is 11.1 Å². The van der Waals surface area contributed by atoms with E-state index in [1.54, 1.807) is 50.1 Å². The molecule has 3 rings (SSSR count). The Balaban J connectivity index is 1.62. The Morgan fingerprint density at radius 2 is 1.90 bits per heavy atom. The van der Waals surface area contributed by atoms with Crippen LogP contribution in [-0.4, -0.2) is 51.5 Å². The summed E-state index contributed by atoms with van der Waals surface area (Å²) >= 11 is 1.13. The van der Waals surface area contributed by atoms with Gasteiger partial charge in [-0.2, -0.15) is 0 Å². The van der Waals surface area contributed by atoms with Crippen molar-refractivity contribution in [1.29, 1.82) is 0 Å². The first-order valence-corrected chi connectivity index (χ1v) is 9.79. The Morgan fingerprint density at radius 1 is 1.21 bits per heavy atom. The SMILES string of the molecule is Cc1cc(C)c2c(OCC(=O)Nc3ccc(SC(=O)N(C)C)cc3)nn(C)c2n1. The number of ether oxygens (including phenoxy) is 1. The normalized spacial score (nSPS) is 10.8. The predicted molar refractivity (Wildman–Crippen MR) is 113 cm³/mol. The molecule has 0 radical (unpaired) electrons. The molecule has 0 atom stereocenters. The van der Waals surface area contributed by atoms with Crippen LogP contribution in [0.25, 0.3) is 11.0 Å². The molecule has 0 aliphatic heterocycles. The third-order valence-electron chi connectivity index (χ3n) is 4.14. The highest BCUT2D eigenvalue weighted by Gasteiger charge is 2.16. The van der Waals surface area contributed by atoms with Gasteiger partial charge in [-0.1, -0.05) is 0 Å². The third-order valence-corrected chi connectivity index (χ3v) is 5.18. The Kier molecular flexibility index (Phi) is 6.07. The van der Waals surface area contributed by atoms with E-state index in [1.165, 1.54) is 4.90 Å². The Morgan fingerprint density at radius 3 is 2.55 bits per heavy atom. The van der Waals surface area contributed by atoms with E-state index in [4.69, 9.17) is 4.74 Å². The summed E-state index contributed by atoms with van der Waals surface area (Å²) < 4.78 is 7.31. The van der Waals surface area contributed by atoms with Gasteiger partial charge in [-0.15, -0.1) is 5.10 Å². The average Bonchev–Trinajstić information content (AvgIpc) is 2.97. The number of hydrogen-bond acceptors (Lipinski definition) is 6. The van der Waals surface area contributed by atoms with Crippen LogP contribution < -0.4 is 10.1 Å². The third kappa shape index (κ3) is 4.86. The van der Waals surface area contributed by atoms with Gasteiger partial charge in [0.05, 0.1) is 5.39 Å². The summed E-state index contributed by atoms with van der Waals surface area (Å²) in [6.45, 7) is 3.72. The van der Waals surface area contributed by atoms with Gasteiger partial charge in [0.1, 0.15) is 0 Å². The molecular weight excluding hydrogens is 390 g/mol. The number of rotatable bonds is 5. The molecule has 2 heterocycles. The summed E-state index contributed by atoms with van der Waals surface area (Å²) in [5, 5.41) is 7.86. The number of aromatic nitrogens is 3. The number of anilines is 1. The molecule has 0 spiro atoms. The molecule has 2 aromatic heterocycles. The van der Waals surface area contributed by atoms with Gasteiger partial charge >= 0.3 is 0 Å². The molecular formula is C20H23N5O3S. The van der Waals surface area contributed by atoms with Gasteiger partial charge in [-0.25, -0.2) is 9.67 Å². The number of benzene rings is 1. The lowest BCUT2D eigenvalue weighted by Gasteiger charge is -2.10. The largest absolute Gasteiger partial charge is 0.466 e. The van der Waals surface area contributed by atoms with E-state index < -0.39 is 0 Å². The highest BCUT2D eigenvalue weighted by Crippen LogP contribution is 2.27. The highest BCUT2D eigenvalue weighted by molar-refractivity contribution is 8.13. The van der Waals surface area contributed by atoms with Crippen LogP contribution in [0.15, 0.2) is 35.2 Å². The lowest BCUT2D eigenvalue weighted by molar-refractivity contribution is -0.118. The molecule has 8 nitrogen and oxygen atoms in total. The molecule has 0 aliphatic rings. The van der Waals surface area contributed by atoms with E-state index in [9.17, 15) is 9.59 Å². The fraction of sp³-hybridized carbons (Fsp3) is 0.300. The first-order valence-electron chi connectivity index (χ1n) is 8.97. The van der Waals surface area contributed by atoms with Crippen LogP contribution in [0.5, 0.6) is 5.88 Å². The van der Waals surface area contributed by atoms with Crippen molar-refractivity contribution in [1.82, 2.24) is 19.7 Å². The van der Waals surface area contributed by atoms with E-state index in [-0.39, 0.29) is 17.8 Å². The van der Waals surface area contributed by atoms with Crippen LogP contribution in [0.1, 0.15) is 11.3 Å². The van der Waals surface area contributed by atoms with E-state index in [0.717, 1.165) is 38.9 Å². The highest BCUT2D eigenvalue weighted by atomic mass is 32.2. The minimum Gasteiger partial charge on any atom is -0.466 e. The van der Waals surface area contributed by atoms with Crippen LogP contribution in [0.2, 0.25) is 0 Å². The molecule has 0 unspecified atom stereocenters. The fourth-order valence-electron chi connectivity index (χ4n) is 2.78. The van der Waals surface area contributed by atoms with E-state index >= 15 is 0 Å². The van der Waals surface area contributed by atoms with Gasteiger partial charge in [-0.3, -0.25) is 9.59 Å². The number of nitrogens with one attached hydrogen (secondary N) is 1. The van der Waals surface area contributed by atoms with Crippen molar-refractivity contribution in [2.45, 2.75) is 18.7 Å². The van der Waals surface area contributed by atoms with Crippen molar-refractivity contribution >= 4 is 39.6 Å². The molecule has 9 heteroatoms. The number of hydrogen-bond donors (Lipinski definition) is 1. The van der Waals surface area contributed by atoms with Crippen LogP contribution in [0.4, 0.5) is 10.5 Å². The fourth-order valence-corrected chi connectivity index (χ4v) is 3.44. The maximum Gasteiger partial charge on any atom is 0.285 e. The average molecular weight is 414 g/mol. The quantitative estimate of drug-likeness (QED) is 0.645. The lowest BCUT2D eigenvalue weighted by atomic mass is 10.2. The number of nitrogens with zero attached hydrogens (tertiary/aromatic N) is 4. The number of aryl methyl sites for hydroxylation is 3. The van der Waals surface area contributed by atoms with Crippen LogP contribution in [-0.2, 0) is 11.8 Å². The standard InChI is InChI=1S/C20H23N5O3S/c1-12-10-13(2)21-18-17(12)19(23-25(18)5)28-11-16(26)22-14-6-8-15(9-7-14)29-20(27)24(3)4/h6-10H,11H2,1-5H3,(H,22,26). The number of carbonyl (C=O) groups excluding carboxylic acids is 2. The lowest BCUT2D eigenvalue weighted by Crippen LogP contribution is -2.20. The molecule has 0 bridgehead atoms. The first-order chi connectivity index (χ1) is 13.7. The minimum absolute atomic E-state index is 0.0576. The van der Waals surface area contributed by atoms with Gasteiger partial charge in [0, 0.05) is 37.4 Å². The van der Waals surface area contributed by atoms with E-state index in [1.807, 2.05) is 19.9 Å². The van der Waals surface area contributed by atoms with Crippen molar-refractivity contribution in [3.05, 3.63) is 41.6 Å². The van der Waals surface area contributed by atoms with Crippen molar-refractivity contribution in [2.75, 3.05) is 26.0 Å². The number of pyridine rings is 1. The van der Waals surface area contributed by atoms with Gasteiger partial charge in [-0.05, 0) is 61.5 Å². The summed E-state index contributed by atoms with van der Waals surface area (Å²) in [6, 6.07) is 9.02. The monoisotopic (exact) mass is 413 g/mol. The number of fused-ring (bicyclic) bond motifs is 1. The molecule has 0 saturated heterocycles. The summed E-state index contributed by atoms with van der Waals surface area (Å²) in [4.78, 5) is 30.8. The van der Waals surface area contributed by atoms with Crippen molar-refractivity contribution in [3.63, 3.8) is 0 Å². The zero-order chi connectivity index (χ0) is 21.1. The predicted octanol–water partition coefficient (Wildman–Crippen LogP) is 3.38. The molecule has 0 fully saturated rings. The van der Waals surface area contributed by atoms with Gasteiger partial charge in [0.15, 0.2) is 12.3 Å². The molecule has 3 aromatic rings. The summed E-state index contributed by atoms with van der Waals surface area (Å²) in [7, 11) is 5.20. The number of carbonyl (C=O) groups is 2. The molecule has 152 valence electrons. The maximum absolute atomic E-state index is 12.3. The van der Waals surface area contributed by atoms with Gasteiger partial charge < -0.3 is 15.0 Å².